The van der Waals surface area contributed by atoms with Crippen LogP contribution < -0.4 is 4.72 Å². The third-order valence-electron chi connectivity index (χ3n) is 5.73. The van der Waals surface area contributed by atoms with Crippen molar-refractivity contribution < 1.29 is 27.9 Å². The highest BCUT2D eigenvalue weighted by molar-refractivity contribution is 7.88. The summed E-state index contributed by atoms with van der Waals surface area (Å²) in [7, 11) is -3.94. The van der Waals surface area contributed by atoms with Gasteiger partial charge >= 0.3 is 5.97 Å². The van der Waals surface area contributed by atoms with Gasteiger partial charge in [0, 0.05) is 19.6 Å². The first-order chi connectivity index (χ1) is 14.8. The Morgan fingerprint density at radius 3 is 2.35 bits per heavy atom. The molecule has 0 bridgehead atoms. The third kappa shape index (κ3) is 6.27. The Morgan fingerprint density at radius 2 is 1.71 bits per heavy atom. The summed E-state index contributed by atoms with van der Waals surface area (Å²) in [6.45, 7) is 1.39. The first-order valence-electron chi connectivity index (χ1n) is 10.6. The van der Waals surface area contributed by atoms with Crippen LogP contribution in [0.1, 0.15) is 44.1 Å². The predicted octanol–water partition coefficient (Wildman–Crippen LogP) is 0.953. The van der Waals surface area contributed by atoms with Crippen molar-refractivity contribution in [3.63, 3.8) is 0 Å². The molecule has 2 amide bonds. The van der Waals surface area contributed by atoms with Crippen LogP contribution in [0.3, 0.4) is 0 Å². The molecule has 2 aliphatic heterocycles. The number of rotatable bonds is 8. The van der Waals surface area contributed by atoms with Gasteiger partial charge in [-0.3, -0.25) is 9.59 Å². The van der Waals surface area contributed by atoms with E-state index in [1.807, 2.05) is 0 Å². The van der Waals surface area contributed by atoms with Gasteiger partial charge in [-0.15, -0.1) is 0 Å². The summed E-state index contributed by atoms with van der Waals surface area (Å²) >= 11 is 0. The van der Waals surface area contributed by atoms with Crippen LogP contribution in [-0.2, 0) is 30.2 Å². The molecule has 1 aromatic carbocycles. The Kier molecular flexibility index (Phi) is 7.66. The molecule has 0 saturated carbocycles. The standard InChI is InChI=1S/C21H29N3O6S/c25-19(23-11-5-2-6-12-23)14-17(20(26)24-13-7-10-18(24)21(27)28)22-31(29,30)15-16-8-3-1-4-9-16/h1,3-4,8-9,17-18,22H,2,5-7,10-15H2,(H,27,28)/t17-,18+/m1/s1. The van der Waals surface area contributed by atoms with E-state index in [2.05, 4.69) is 4.72 Å². The largest absolute Gasteiger partial charge is 0.480 e. The smallest absolute Gasteiger partial charge is 0.326 e. The average Bonchev–Trinajstić information content (AvgIpc) is 3.24. The predicted molar refractivity (Wildman–Crippen MR) is 113 cm³/mol. The average molecular weight is 452 g/mol. The van der Waals surface area contributed by atoms with Gasteiger partial charge in [0.15, 0.2) is 0 Å². The van der Waals surface area contributed by atoms with Gasteiger partial charge in [-0.2, -0.15) is 0 Å². The van der Waals surface area contributed by atoms with E-state index in [0.717, 1.165) is 19.3 Å². The zero-order valence-electron chi connectivity index (χ0n) is 17.4. The Morgan fingerprint density at radius 1 is 1.03 bits per heavy atom. The molecule has 3 rings (SSSR count). The summed E-state index contributed by atoms with van der Waals surface area (Å²) in [5.41, 5.74) is 0.549. The fourth-order valence-corrected chi connectivity index (χ4v) is 5.50. The second-order valence-corrected chi connectivity index (χ2v) is 9.84. The van der Waals surface area contributed by atoms with E-state index < -0.39 is 34.0 Å². The van der Waals surface area contributed by atoms with Crippen molar-refractivity contribution >= 4 is 27.8 Å². The number of carboxylic acid groups (broad SMARTS) is 1. The summed E-state index contributed by atoms with van der Waals surface area (Å²) in [5, 5.41) is 9.42. The number of carboxylic acids is 1. The Hall–Kier alpha value is -2.46. The second-order valence-electron chi connectivity index (χ2n) is 8.09. The van der Waals surface area contributed by atoms with Crippen molar-refractivity contribution in [1.29, 1.82) is 0 Å². The van der Waals surface area contributed by atoms with Gasteiger partial charge in [0.1, 0.15) is 12.1 Å². The van der Waals surface area contributed by atoms with Crippen molar-refractivity contribution in [2.75, 3.05) is 19.6 Å². The highest BCUT2D eigenvalue weighted by Gasteiger charge is 2.39. The van der Waals surface area contributed by atoms with E-state index in [1.54, 1.807) is 35.2 Å². The molecule has 0 spiro atoms. The lowest BCUT2D eigenvalue weighted by Gasteiger charge is -2.30. The van der Waals surface area contributed by atoms with Crippen LogP contribution in [0, 0.1) is 0 Å². The number of benzene rings is 1. The molecule has 9 nitrogen and oxygen atoms in total. The topological polar surface area (TPSA) is 124 Å². The summed E-state index contributed by atoms with van der Waals surface area (Å²) in [6.07, 6.45) is 3.28. The molecule has 0 radical (unpaired) electrons. The number of nitrogens with zero attached hydrogens (tertiary/aromatic N) is 2. The third-order valence-corrected chi connectivity index (χ3v) is 7.08. The summed E-state index contributed by atoms with van der Waals surface area (Å²) < 4.78 is 27.9. The fourth-order valence-electron chi connectivity index (χ4n) is 4.17. The molecule has 2 fully saturated rings. The molecule has 0 aliphatic carbocycles. The van der Waals surface area contributed by atoms with Gasteiger partial charge in [-0.1, -0.05) is 30.3 Å². The maximum absolute atomic E-state index is 13.2. The number of carbonyl (C=O) groups is 3. The molecule has 0 unspecified atom stereocenters. The molecular weight excluding hydrogens is 422 g/mol. The molecule has 2 N–H and O–H groups in total. The molecule has 10 heteroatoms. The van der Waals surface area contributed by atoms with Crippen molar-refractivity contribution in [2.24, 2.45) is 0 Å². The number of likely N-dealkylation sites (tertiary alicyclic amines) is 2. The van der Waals surface area contributed by atoms with E-state index in [0.29, 0.717) is 31.5 Å². The number of aliphatic carboxylic acids is 1. The van der Waals surface area contributed by atoms with Crippen LogP contribution in [0.15, 0.2) is 30.3 Å². The minimum atomic E-state index is -3.94. The van der Waals surface area contributed by atoms with Crippen LogP contribution in [0.4, 0.5) is 0 Å². The SMILES string of the molecule is O=C(O)[C@@H]1CCCN1C(=O)[C@@H](CC(=O)N1CCCCC1)NS(=O)(=O)Cc1ccccc1. The lowest BCUT2D eigenvalue weighted by Crippen LogP contribution is -2.53. The first-order valence-corrected chi connectivity index (χ1v) is 12.3. The number of piperidine rings is 1. The normalized spacial score (nSPS) is 20.5. The van der Waals surface area contributed by atoms with Crippen LogP contribution in [0.5, 0.6) is 0 Å². The molecule has 2 atom stereocenters. The van der Waals surface area contributed by atoms with Crippen LogP contribution in [-0.4, -0.2) is 72.8 Å². The van der Waals surface area contributed by atoms with E-state index >= 15 is 0 Å². The fraction of sp³-hybridized carbons (Fsp3) is 0.571. The van der Waals surface area contributed by atoms with Crippen molar-refractivity contribution in [2.45, 2.75) is 56.4 Å². The first kappa shape index (κ1) is 23.2. The number of nitrogens with one attached hydrogen (secondary N) is 1. The molecule has 170 valence electrons. The lowest BCUT2D eigenvalue weighted by atomic mass is 10.1. The van der Waals surface area contributed by atoms with Crippen LogP contribution in [0.25, 0.3) is 0 Å². The maximum atomic E-state index is 13.2. The number of hydrogen-bond acceptors (Lipinski definition) is 5. The quantitative estimate of drug-likeness (QED) is 0.607. The number of amides is 2. The summed E-state index contributed by atoms with van der Waals surface area (Å²) in [6, 6.07) is 6.20. The van der Waals surface area contributed by atoms with Gasteiger partial charge in [0.2, 0.25) is 21.8 Å². The number of sulfonamides is 1. The molecule has 31 heavy (non-hydrogen) atoms. The Balaban J connectivity index is 1.78. The van der Waals surface area contributed by atoms with E-state index in [9.17, 15) is 27.9 Å². The van der Waals surface area contributed by atoms with Crippen molar-refractivity contribution in [3.8, 4) is 0 Å². The molecule has 1 aromatic rings. The van der Waals surface area contributed by atoms with E-state index in [-0.39, 0.29) is 24.6 Å². The van der Waals surface area contributed by atoms with Gasteiger partial charge in [-0.25, -0.2) is 17.9 Å². The van der Waals surface area contributed by atoms with E-state index in [1.165, 1.54) is 4.90 Å². The second kappa shape index (κ2) is 10.2. The molecule has 2 saturated heterocycles. The molecule has 0 aromatic heterocycles. The number of carbonyl (C=O) groups excluding carboxylic acids is 2. The Labute approximate surface area is 182 Å². The van der Waals surface area contributed by atoms with Gasteiger partial charge in [0.25, 0.3) is 0 Å². The maximum Gasteiger partial charge on any atom is 0.326 e. The Bertz CT molecular complexity index is 899. The van der Waals surface area contributed by atoms with Crippen LogP contribution in [0.2, 0.25) is 0 Å². The van der Waals surface area contributed by atoms with Crippen molar-refractivity contribution in [3.05, 3.63) is 35.9 Å². The molecule has 2 aliphatic rings. The van der Waals surface area contributed by atoms with E-state index in [4.69, 9.17) is 0 Å². The minimum Gasteiger partial charge on any atom is -0.480 e. The zero-order chi connectivity index (χ0) is 22.4. The van der Waals surface area contributed by atoms with Crippen LogP contribution >= 0.6 is 0 Å². The summed E-state index contributed by atoms with van der Waals surface area (Å²) in [4.78, 5) is 40.3. The monoisotopic (exact) mass is 451 g/mol. The summed E-state index contributed by atoms with van der Waals surface area (Å²) in [5.74, 6) is -2.42. The highest BCUT2D eigenvalue weighted by atomic mass is 32.2. The minimum absolute atomic E-state index is 0.227. The van der Waals surface area contributed by atoms with Gasteiger partial charge < -0.3 is 14.9 Å². The zero-order valence-corrected chi connectivity index (χ0v) is 18.2. The van der Waals surface area contributed by atoms with Crippen molar-refractivity contribution in [1.82, 2.24) is 14.5 Å². The molecular formula is C21H29N3O6S. The lowest BCUT2D eigenvalue weighted by molar-refractivity contribution is -0.149. The number of hydrogen-bond donors (Lipinski definition) is 2. The highest BCUT2D eigenvalue weighted by Crippen LogP contribution is 2.21. The molecule has 2 heterocycles. The van der Waals surface area contributed by atoms with Gasteiger partial charge in [0.05, 0.1) is 12.2 Å². The van der Waals surface area contributed by atoms with Gasteiger partial charge in [-0.05, 0) is 37.7 Å².